The van der Waals surface area contributed by atoms with E-state index in [1.165, 1.54) is 0 Å². The van der Waals surface area contributed by atoms with Crippen LogP contribution in [0.15, 0.2) is 0 Å². The van der Waals surface area contributed by atoms with E-state index in [2.05, 4.69) is 13.8 Å². The fourth-order valence-corrected chi connectivity index (χ4v) is 0.459. The molecule has 0 heterocycles. The van der Waals surface area contributed by atoms with Gasteiger partial charge in [0.2, 0.25) is 0 Å². The van der Waals surface area contributed by atoms with Gasteiger partial charge in [0.1, 0.15) is 0 Å². The first-order chi connectivity index (χ1) is 5.50. The van der Waals surface area contributed by atoms with Crippen molar-refractivity contribution >= 4 is 17.5 Å². The first-order valence-electron chi connectivity index (χ1n) is 4.61. The highest BCUT2D eigenvalue weighted by Gasteiger charge is 2.17. The first kappa shape index (κ1) is 17.9. The summed E-state index contributed by atoms with van der Waals surface area (Å²) in [5, 5.41) is 7.28. The molecule has 12 heavy (non-hydrogen) atoms. The van der Waals surface area contributed by atoms with Gasteiger partial charge in [-0.15, -0.1) is 0 Å². The van der Waals surface area contributed by atoms with Crippen molar-refractivity contribution in [2.24, 2.45) is 0 Å². The quantitative estimate of drug-likeness (QED) is 0.649. The number of hydrogen-bond acceptors (Lipinski definition) is 2. The summed E-state index contributed by atoms with van der Waals surface area (Å²) in [5.41, 5.74) is 0.741. The van der Waals surface area contributed by atoms with Crippen LogP contribution in [0.4, 0.5) is 0 Å². The van der Waals surface area contributed by atoms with E-state index >= 15 is 0 Å². The molecule has 0 radical (unpaired) electrons. The van der Waals surface area contributed by atoms with Crippen molar-refractivity contribution in [1.29, 1.82) is 5.41 Å². The second kappa shape index (κ2) is 11.0. The molecule has 0 amide bonds. The third-order valence-electron chi connectivity index (χ3n) is 1.41. The Morgan fingerprint density at radius 1 is 1.08 bits per heavy atom. The Bertz CT molecular complexity index is 98.0. The molecular weight excluding hydrogens is 166 g/mol. The predicted octanol–water partition coefficient (Wildman–Crippen LogP) is 4.22. The maximum Gasteiger partial charge on any atom is 0.0472 e. The molecule has 0 bridgehead atoms. The van der Waals surface area contributed by atoms with E-state index in [1.807, 2.05) is 40.9 Å². The summed E-state index contributed by atoms with van der Waals surface area (Å²) in [4.78, 5) is 0. The molecule has 1 nitrogen and oxygen atoms in total. The highest BCUT2D eigenvalue weighted by atomic mass is 32.2. The summed E-state index contributed by atoms with van der Waals surface area (Å²) in [6.45, 7) is 14.0. The molecule has 0 atom stereocenters. The number of nitrogens with one attached hydrogen (secondary N) is 1. The Labute approximate surface area is 82.8 Å². The van der Waals surface area contributed by atoms with Gasteiger partial charge in [0, 0.05) is 10.5 Å². The first-order valence-corrected chi connectivity index (χ1v) is 5.84. The minimum absolute atomic E-state index is 0.0417. The summed E-state index contributed by atoms with van der Waals surface area (Å²) >= 11 is 1.71. The average Bonchev–Trinajstić information content (AvgIpc) is 2.11. The molecule has 0 aromatic carbocycles. The highest BCUT2D eigenvalue weighted by molar-refractivity contribution is 8.00. The van der Waals surface area contributed by atoms with E-state index < -0.39 is 0 Å². The minimum Gasteiger partial charge on any atom is -0.309 e. The molecule has 0 unspecified atom stereocenters. The summed E-state index contributed by atoms with van der Waals surface area (Å²) in [6, 6.07) is 0. The van der Waals surface area contributed by atoms with E-state index in [1.54, 1.807) is 11.8 Å². The van der Waals surface area contributed by atoms with Crippen LogP contribution in [0.25, 0.3) is 0 Å². The average molecular weight is 191 g/mol. The van der Waals surface area contributed by atoms with Gasteiger partial charge in [-0.05, 0) is 27.0 Å². The zero-order valence-electron chi connectivity index (χ0n) is 9.91. The van der Waals surface area contributed by atoms with Crippen molar-refractivity contribution in [3.8, 4) is 0 Å². The van der Waals surface area contributed by atoms with Crippen molar-refractivity contribution in [1.82, 2.24) is 0 Å². The molecule has 0 fully saturated rings. The maximum absolute atomic E-state index is 7.28. The molecule has 0 saturated carbocycles. The van der Waals surface area contributed by atoms with E-state index in [0.717, 1.165) is 5.71 Å². The zero-order valence-corrected chi connectivity index (χ0v) is 10.7. The molecule has 0 spiro atoms. The third kappa shape index (κ3) is 10.0. The topological polar surface area (TPSA) is 23.9 Å². The lowest BCUT2D eigenvalue weighted by molar-refractivity contribution is 0.937. The summed E-state index contributed by atoms with van der Waals surface area (Å²) in [5.74, 6) is 0. The Balaban J connectivity index is -0.000000175. The van der Waals surface area contributed by atoms with Gasteiger partial charge in [0.15, 0.2) is 0 Å². The Hall–Kier alpha value is 0.0200. The largest absolute Gasteiger partial charge is 0.309 e. The molecule has 0 aliphatic carbocycles. The van der Waals surface area contributed by atoms with Crippen LogP contribution < -0.4 is 0 Å². The number of thioether (sulfide) groups is 1. The molecular formula is C10H25NS. The summed E-state index contributed by atoms with van der Waals surface area (Å²) < 4.78 is 0.0417. The van der Waals surface area contributed by atoms with Gasteiger partial charge in [0.25, 0.3) is 0 Å². The maximum atomic E-state index is 7.28. The highest BCUT2D eigenvalue weighted by Crippen LogP contribution is 2.21. The lowest BCUT2D eigenvalue weighted by Gasteiger charge is -2.19. The smallest absolute Gasteiger partial charge is 0.0472 e. The van der Waals surface area contributed by atoms with Crippen LogP contribution in [0.5, 0.6) is 0 Å². The van der Waals surface area contributed by atoms with Gasteiger partial charge in [-0.2, -0.15) is 11.8 Å². The van der Waals surface area contributed by atoms with Gasteiger partial charge in [0.05, 0.1) is 0 Å². The van der Waals surface area contributed by atoms with Crippen LogP contribution >= 0.6 is 11.8 Å². The molecule has 0 rings (SSSR count). The Morgan fingerprint density at radius 3 is 1.33 bits per heavy atom. The molecule has 0 saturated heterocycles. The van der Waals surface area contributed by atoms with Crippen LogP contribution in [0.3, 0.4) is 0 Å². The fraction of sp³-hybridized carbons (Fsp3) is 0.900. The molecule has 0 aromatic heterocycles. The SMILES string of the molecule is CC.CC.CSC(C)(C)C(C)=N. The van der Waals surface area contributed by atoms with Crippen LogP contribution in [0.2, 0.25) is 0 Å². The number of hydrogen-bond donors (Lipinski definition) is 1. The molecule has 2 heteroatoms. The lowest BCUT2D eigenvalue weighted by Crippen LogP contribution is -2.23. The monoisotopic (exact) mass is 191 g/mol. The van der Waals surface area contributed by atoms with Crippen molar-refractivity contribution in [2.75, 3.05) is 6.26 Å². The Morgan fingerprint density at radius 2 is 1.33 bits per heavy atom. The minimum atomic E-state index is 0.0417. The fourth-order valence-electron chi connectivity index (χ4n) is 0.153. The predicted molar refractivity (Wildman–Crippen MR) is 63.7 cm³/mol. The standard InChI is InChI=1S/C6H13NS.2C2H6/c1-5(7)6(2,3)8-4;2*1-2/h7H,1-4H3;2*1-2H3. The lowest BCUT2D eigenvalue weighted by atomic mass is 10.1. The van der Waals surface area contributed by atoms with Crippen LogP contribution in [-0.2, 0) is 0 Å². The van der Waals surface area contributed by atoms with E-state index in [9.17, 15) is 0 Å². The van der Waals surface area contributed by atoms with Gasteiger partial charge in [-0.1, -0.05) is 27.7 Å². The summed E-state index contributed by atoms with van der Waals surface area (Å²) in [7, 11) is 0. The molecule has 0 aromatic rings. The van der Waals surface area contributed by atoms with Crippen molar-refractivity contribution < 1.29 is 0 Å². The second-order valence-corrected chi connectivity index (χ2v) is 3.77. The van der Waals surface area contributed by atoms with Crippen LogP contribution in [0, 0.1) is 5.41 Å². The summed E-state index contributed by atoms with van der Waals surface area (Å²) in [6.07, 6.45) is 2.03. The van der Waals surface area contributed by atoms with Crippen molar-refractivity contribution in [2.45, 2.75) is 53.2 Å². The zero-order chi connectivity index (χ0) is 10.8. The Kier molecular flexibility index (Phi) is 16.5. The van der Waals surface area contributed by atoms with Crippen molar-refractivity contribution in [3.63, 3.8) is 0 Å². The van der Waals surface area contributed by atoms with Gasteiger partial charge in [-0.25, -0.2) is 0 Å². The molecule has 76 valence electrons. The number of rotatable bonds is 2. The van der Waals surface area contributed by atoms with Crippen LogP contribution in [0.1, 0.15) is 48.5 Å². The van der Waals surface area contributed by atoms with Gasteiger partial charge in [-0.3, -0.25) is 0 Å². The van der Waals surface area contributed by atoms with Crippen molar-refractivity contribution in [3.05, 3.63) is 0 Å². The normalized spacial score (nSPS) is 8.67. The second-order valence-electron chi connectivity index (χ2n) is 2.34. The van der Waals surface area contributed by atoms with E-state index in [-0.39, 0.29) is 4.75 Å². The molecule has 1 N–H and O–H groups in total. The van der Waals surface area contributed by atoms with E-state index in [0.29, 0.717) is 0 Å². The van der Waals surface area contributed by atoms with E-state index in [4.69, 9.17) is 5.41 Å². The van der Waals surface area contributed by atoms with Gasteiger partial charge >= 0.3 is 0 Å². The molecule has 0 aliphatic heterocycles. The molecule has 0 aliphatic rings. The van der Waals surface area contributed by atoms with Gasteiger partial charge < -0.3 is 5.41 Å². The van der Waals surface area contributed by atoms with Crippen LogP contribution in [-0.4, -0.2) is 16.7 Å². The third-order valence-corrected chi connectivity index (χ3v) is 2.74.